The molecule has 2 nitrogen and oxygen atoms in total. The number of benzene rings is 1. The quantitative estimate of drug-likeness (QED) is 0.902. The van der Waals surface area contributed by atoms with Gasteiger partial charge in [-0.15, -0.1) is 0 Å². The van der Waals surface area contributed by atoms with Crippen LogP contribution in [0.2, 0.25) is 0 Å². The van der Waals surface area contributed by atoms with Gasteiger partial charge in [0.25, 0.3) is 0 Å². The zero-order chi connectivity index (χ0) is 13.3. The normalized spacial score (nSPS) is 23.2. The molecule has 1 fully saturated rings. The van der Waals surface area contributed by atoms with E-state index in [-0.39, 0.29) is 5.41 Å². The van der Waals surface area contributed by atoms with Crippen LogP contribution in [0.4, 0.5) is 5.69 Å². The van der Waals surface area contributed by atoms with Crippen molar-refractivity contribution in [3.63, 3.8) is 0 Å². The second kappa shape index (κ2) is 5.22. The molecule has 1 saturated heterocycles. The molecule has 0 radical (unpaired) electrons. The molecule has 1 atom stereocenters. The molecule has 1 aliphatic rings. The Morgan fingerprint density at radius 3 is 2.72 bits per heavy atom. The lowest BCUT2D eigenvalue weighted by Crippen LogP contribution is -2.47. The van der Waals surface area contributed by atoms with Crippen molar-refractivity contribution in [2.45, 2.75) is 27.2 Å². The summed E-state index contributed by atoms with van der Waals surface area (Å²) < 4.78 is 1.17. The summed E-state index contributed by atoms with van der Waals surface area (Å²) in [5.41, 5.74) is 2.71. The summed E-state index contributed by atoms with van der Waals surface area (Å²) in [5, 5.41) is 9.44. The second-order valence-corrected chi connectivity index (χ2v) is 6.87. The van der Waals surface area contributed by atoms with Crippen LogP contribution in [0.1, 0.15) is 25.8 Å². The van der Waals surface area contributed by atoms with Crippen LogP contribution in [0.5, 0.6) is 0 Å². The Morgan fingerprint density at radius 2 is 2.17 bits per heavy atom. The Labute approximate surface area is 118 Å². The number of hydrogen-bond acceptors (Lipinski definition) is 2. The van der Waals surface area contributed by atoms with Crippen molar-refractivity contribution < 1.29 is 5.11 Å². The lowest BCUT2D eigenvalue weighted by atomic mass is 9.74. The van der Waals surface area contributed by atoms with Crippen LogP contribution in [0.25, 0.3) is 0 Å². The third kappa shape index (κ3) is 2.72. The van der Waals surface area contributed by atoms with E-state index < -0.39 is 0 Å². The molecule has 0 amide bonds. The zero-order valence-corrected chi connectivity index (χ0v) is 13.0. The van der Waals surface area contributed by atoms with E-state index in [1.54, 1.807) is 0 Å². The number of aliphatic hydroxyl groups excluding tert-OH is 1. The van der Waals surface area contributed by atoms with Crippen molar-refractivity contribution in [2.24, 2.45) is 11.3 Å². The third-order valence-electron chi connectivity index (χ3n) is 4.19. The largest absolute Gasteiger partial charge is 0.396 e. The molecule has 0 saturated carbocycles. The molecular weight excluding hydrogens is 290 g/mol. The highest BCUT2D eigenvalue weighted by Crippen LogP contribution is 2.37. The van der Waals surface area contributed by atoms with E-state index in [1.165, 1.54) is 15.7 Å². The molecule has 1 heterocycles. The van der Waals surface area contributed by atoms with Gasteiger partial charge in [-0.2, -0.15) is 0 Å². The van der Waals surface area contributed by atoms with Crippen LogP contribution >= 0.6 is 15.9 Å². The number of aryl methyl sites for hydroxylation is 1. The van der Waals surface area contributed by atoms with E-state index in [9.17, 15) is 5.11 Å². The van der Waals surface area contributed by atoms with Gasteiger partial charge >= 0.3 is 0 Å². The smallest absolute Gasteiger partial charge is 0.0465 e. The lowest BCUT2D eigenvalue weighted by molar-refractivity contribution is 0.0972. The van der Waals surface area contributed by atoms with Crippen molar-refractivity contribution >= 4 is 21.6 Å². The number of aliphatic hydroxyl groups is 1. The van der Waals surface area contributed by atoms with Gasteiger partial charge in [-0.05, 0) is 42.4 Å². The van der Waals surface area contributed by atoms with Crippen molar-refractivity contribution in [2.75, 3.05) is 24.6 Å². The highest BCUT2D eigenvalue weighted by molar-refractivity contribution is 9.10. The van der Waals surface area contributed by atoms with Crippen LogP contribution < -0.4 is 4.90 Å². The average molecular weight is 312 g/mol. The van der Waals surface area contributed by atoms with E-state index >= 15 is 0 Å². The second-order valence-electron chi connectivity index (χ2n) is 6.01. The fraction of sp³-hybridized carbons (Fsp3) is 0.600. The molecular formula is C15H22BrNO. The number of anilines is 1. The van der Waals surface area contributed by atoms with Crippen molar-refractivity contribution in [3.8, 4) is 0 Å². The molecule has 0 spiro atoms. The van der Waals surface area contributed by atoms with Crippen LogP contribution in [0, 0.1) is 18.3 Å². The van der Waals surface area contributed by atoms with E-state index in [0.717, 1.165) is 19.5 Å². The fourth-order valence-electron chi connectivity index (χ4n) is 2.74. The van der Waals surface area contributed by atoms with Gasteiger partial charge in [0, 0.05) is 29.9 Å². The first kappa shape index (κ1) is 13.9. The van der Waals surface area contributed by atoms with Gasteiger partial charge in [-0.25, -0.2) is 0 Å². The molecule has 100 valence electrons. The summed E-state index contributed by atoms with van der Waals surface area (Å²) >= 11 is 3.60. The summed E-state index contributed by atoms with van der Waals surface area (Å²) in [6, 6.07) is 6.55. The number of halogens is 1. The topological polar surface area (TPSA) is 23.5 Å². The lowest BCUT2D eigenvalue weighted by Gasteiger charge is -2.44. The Bertz CT molecular complexity index is 431. The molecule has 1 aromatic rings. The maximum atomic E-state index is 9.44. The predicted molar refractivity (Wildman–Crippen MR) is 80.1 cm³/mol. The monoisotopic (exact) mass is 311 g/mol. The molecule has 1 aliphatic heterocycles. The molecule has 2 rings (SSSR count). The molecule has 0 aliphatic carbocycles. The highest BCUT2D eigenvalue weighted by atomic mass is 79.9. The van der Waals surface area contributed by atoms with Crippen molar-refractivity contribution in [1.82, 2.24) is 0 Å². The number of hydrogen-bond donors (Lipinski definition) is 1. The molecule has 0 bridgehead atoms. The van der Waals surface area contributed by atoms with E-state index in [2.05, 4.69) is 59.8 Å². The summed E-state index contributed by atoms with van der Waals surface area (Å²) in [5.74, 6) is 0.419. The molecule has 0 aromatic heterocycles. The highest BCUT2D eigenvalue weighted by Gasteiger charge is 2.35. The van der Waals surface area contributed by atoms with Gasteiger partial charge in [0.05, 0.1) is 0 Å². The minimum atomic E-state index is 0.171. The predicted octanol–water partition coefficient (Wildman–Crippen LogP) is 3.60. The maximum absolute atomic E-state index is 9.44. The molecule has 1 aromatic carbocycles. The fourth-order valence-corrected chi connectivity index (χ4v) is 3.11. The Morgan fingerprint density at radius 1 is 1.44 bits per heavy atom. The first-order valence-corrected chi connectivity index (χ1v) is 7.35. The third-order valence-corrected chi connectivity index (χ3v) is 5.05. The van der Waals surface area contributed by atoms with Gasteiger partial charge in [0.15, 0.2) is 0 Å². The van der Waals surface area contributed by atoms with E-state index in [1.807, 2.05) is 0 Å². The number of piperidine rings is 1. The first-order chi connectivity index (χ1) is 8.44. The Hall–Kier alpha value is -0.540. The zero-order valence-electron chi connectivity index (χ0n) is 11.4. The SMILES string of the molecule is Cc1ccc(N2CCC(CO)C(C)(C)C2)cc1Br. The summed E-state index contributed by atoms with van der Waals surface area (Å²) in [7, 11) is 0. The van der Waals surface area contributed by atoms with E-state index in [0.29, 0.717) is 12.5 Å². The van der Waals surface area contributed by atoms with Crippen LogP contribution in [0.15, 0.2) is 22.7 Å². The van der Waals surface area contributed by atoms with Gasteiger partial charge in [-0.3, -0.25) is 0 Å². The maximum Gasteiger partial charge on any atom is 0.0465 e. The van der Waals surface area contributed by atoms with Crippen LogP contribution in [-0.2, 0) is 0 Å². The molecule has 18 heavy (non-hydrogen) atoms. The van der Waals surface area contributed by atoms with Crippen LogP contribution in [0.3, 0.4) is 0 Å². The first-order valence-electron chi connectivity index (χ1n) is 6.56. The number of nitrogens with zero attached hydrogens (tertiary/aromatic N) is 1. The molecule has 1 N–H and O–H groups in total. The molecule has 1 unspecified atom stereocenters. The Balaban J connectivity index is 2.18. The summed E-state index contributed by atoms with van der Waals surface area (Å²) in [6.45, 7) is 8.96. The van der Waals surface area contributed by atoms with Gasteiger partial charge < -0.3 is 10.0 Å². The van der Waals surface area contributed by atoms with Gasteiger partial charge in [0.1, 0.15) is 0 Å². The van der Waals surface area contributed by atoms with Gasteiger partial charge in [0.2, 0.25) is 0 Å². The van der Waals surface area contributed by atoms with Gasteiger partial charge in [-0.1, -0.05) is 35.8 Å². The summed E-state index contributed by atoms with van der Waals surface area (Å²) in [4.78, 5) is 2.43. The average Bonchev–Trinajstić information content (AvgIpc) is 2.31. The summed E-state index contributed by atoms with van der Waals surface area (Å²) in [6.07, 6.45) is 1.06. The van der Waals surface area contributed by atoms with Crippen molar-refractivity contribution in [1.29, 1.82) is 0 Å². The Kier molecular flexibility index (Phi) is 4.02. The molecule has 3 heteroatoms. The van der Waals surface area contributed by atoms with E-state index in [4.69, 9.17) is 0 Å². The minimum absolute atomic E-state index is 0.171. The standard InChI is InChI=1S/C15H22BrNO/c1-11-4-5-13(8-14(11)16)17-7-6-12(9-18)15(2,3)10-17/h4-5,8,12,18H,6-7,9-10H2,1-3H3. The van der Waals surface area contributed by atoms with Crippen LogP contribution in [-0.4, -0.2) is 24.8 Å². The van der Waals surface area contributed by atoms with Crippen molar-refractivity contribution in [3.05, 3.63) is 28.2 Å². The minimum Gasteiger partial charge on any atom is -0.396 e. The number of rotatable bonds is 2.